The number of aliphatic hydroxyl groups is 1. The highest BCUT2D eigenvalue weighted by atomic mass is 32.1. The molecule has 0 saturated heterocycles. The zero-order valence-electron chi connectivity index (χ0n) is 8.97. The Labute approximate surface area is 99.4 Å². The zero-order chi connectivity index (χ0) is 11.4. The minimum Gasteiger partial charge on any atom is -0.376 e. The van der Waals surface area contributed by atoms with Gasteiger partial charge in [-0.1, -0.05) is 47.7 Å². The number of aliphatic hydroxyl groups excluding tert-OH is 1. The van der Waals surface area contributed by atoms with E-state index in [0.717, 1.165) is 16.0 Å². The third-order valence-electron chi connectivity index (χ3n) is 2.21. The molecule has 1 heterocycles. The molecule has 2 aromatic rings. The Morgan fingerprint density at radius 1 is 1.25 bits per heavy atom. The summed E-state index contributed by atoms with van der Waals surface area (Å²) in [6, 6.07) is 11.7. The van der Waals surface area contributed by atoms with Crippen LogP contribution in [-0.2, 0) is 0 Å². The van der Waals surface area contributed by atoms with Gasteiger partial charge in [0, 0.05) is 0 Å². The molecule has 0 spiro atoms. The number of aryl methyl sites for hydroxylation is 1. The quantitative estimate of drug-likeness (QED) is 0.743. The Hall–Kier alpha value is -1.56. The van der Waals surface area contributed by atoms with Crippen molar-refractivity contribution in [3.8, 4) is 11.8 Å². The third kappa shape index (κ3) is 2.73. The molecule has 0 aliphatic rings. The standard InChI is InChI=1S/C14H12OS/c1-11-4-2-5-12(10-11)14(15)8-7-13-6-3-9-16-13/h2-6,9-10,14-15H,1H3. The summed E-state index contributed by atoms with van der Waals surface area (Å²) in [5.41, 5.74) is 1.98. The van der Waals surface area contributed by atoms with E-state index in [4.69, 9.17) is 0 Å². The van der Waals surface area contributed by atoms with Crippen LogP contribution < -0.4 is 0 Å². The van der Waals surface area contributed by atoms with Gasteiger partial charge in [0.1, 0.15) is 6.10 Å². The van der Waals surface area contributed by atoms with Crippen molar-refractivity contribution in [1.82, 2.24) is 0 Å². The van der Waals surface area contributed by atoms with Crippen molar-refractivity contribution in [3.63, 3.8) is 0 Å². The molecule has 1 aromatic carbocycles. The van der Waals surface area contributed by atoms with Gasteiger partial charge in [0.05, 0.1) is 4.88 Å². The zero-order valence-corrected chi connectivity index (χ0v) is 9.79. The van der Waals surface area contributed by atoms with Gasteiger partial charge in [-0.15, -0.1) is 11.3 Å². The monoisotopic (exact) mass is 228 g/mol. The minimum atomic E-state index is -0.706. The van der Waals surface area contributed by atoms with Gasteiger partial charge < -0.3 is 5.11 Å². The second kappa shape index (κ2) is 4.98. The van der Waals surface area contributed by atoms with Crippen LogP contribution in [0.2, 0.25) is 0 Å². The lowest BCUT2D eigenvalue weighted by Crippen LogP contribution is -1.93. The second-order valence-corrected chi connectivity index (χ2v) is 4.51. The lowest BCUT2D eigenvalue weighted by molar-refractivity contribution is 0.238. The van der Waals surface area contributed by atoms with Crippen molar-refractivity contribution in [2.45, 2.75) is 13.0 Å². The van der Waals surface area contributed by atoms with E-state index in [2.05, 4.69) is 11.8 Å². The topological polar surface area (TPSA) is 20.2 Å². The molecule has 1 atom stereocenters. The molecule has 80 valence electrons. The molecule has 2 heteroatoms. The number of benzene rings is 1. The lowest BCUT2D eigenvalue weighted by Gasteiger charge is -2.03. The molecular weight excluding hydrogens is 216 g/mol. The van der Waals surface area contributed by atoms with Gasteiger partial charge >= 0.3 is 0 Å². The molecule has 1 aromatic heterocycles. The summed E-state index contributed by atoms with van der Waals surface area (Å²) >= 11 is 1.58. The van der Waals surface area contributed by atoms with Gasteiger partial charge in [-0.3, -0.25) is 0 Å². The van der Waals surface area contributed by atoms with Gasteiger partial charge in [-0.2, -0.15) is 0 Å². The van der Waals surface area contributed by atoms with Crippen molar-refractivity contribution < 1.29 is 5.11 Å². The predicted octanol–water partition coefficient (Wildman–Crippen LogP) is 3.14. The molecule has 16 heavy (non-hydrogen) atoms. The Kier molecular flexibility index (Phi) is 3.40. The summed E-state index contributed by atoms with van der Waals surface area (Å²) in [5.74, 6) is 5.81. The smallest absolute Gasteiger partial charge is 0.140 e. The SMILES string of the molecule is Cc1cccc(C(O)C#Cc2cccs2)c1. The summed E-state index contributed by atoms with van der Waals surface area (Å²) in [4.78, 5) is 0.978. The Bertz CT molecular complexity index is 517. The van der Waals surface area contributed by atoms with Gasteiger partial charge in [0.2, 0.25) is 0 Å². The summed E-state index contributed by atoms with van der Waals surface area (Å²) in [6.45, 7) is 2.00. The van der Waals surface area contributed by atoms with Crippen molar-refractivity contribution in [2.24, 2.45) is 0 Å². The van der Waals surface area contributed by atoms with Crippen molar-refractivity contribution in [2.75, 3.05) is 0 Å². The van der Waals surface area contributed by atoms with E-state index in [-0.39, 0.29) is 0 Å². The number of rotatable bonds is 1. The molecule has 0 saturated carbocycles. The van der Waals surface area contributed by atoms with E-state index in [0.29, 0.717) is 0 Å². The van der Waals surface area contributed by atoms with E-state index in [1.807, 2.05) is 48.7 Å². The first-order valence-electron chi connectivity index (χ1n) is 5.05. The van der Waals surface area contributed by atoms with E-state index >= 15 is 0 Å². The highest BCUT2D eigenvalue weighted by Crippen LogP contribution is 2.14. The molecule has 1 unspecified atom stereocenters. The largest absolute Gasteiger partial charge is 0.376 e. The average Bonchev–Trinajstić information content (AvgIpc) is 2.78. The molecule has 0 bridgehead atoms. The van der Waals surface area contributed by atoms with E-state index in [1.54, 1.807) is 11.3 Å². The summed E-state index contributed by atoms with van der Waals surface area (Å²) in [5, 5.41) is 11.9. The van der Waals surface area contributed by atoms with Crippen LogP contribution in [0.4, 0.5) is 0 Å². The second-order valence-electron chi connectivity index (χ2n) is 3.56. The maximum absolute atomic E-state index is 9.87. The highest BCUT2D eigenvalue weighted by molar-refractivity contribution is 7.10. The fraction of sp³-hybridized carbons (Fsp3) is 0.143. The van der Waals surface area contributed by atoms with Crippen LogP contribution in [0.5, 0.6) is 0 Å². The summed E-state index contributed by atoms with van der Waals surface area (Å²) in [6.07, 6.45) is -0.706. The first kappa shape index (κ1) is 10.9. The number of hydrogen-bond acceptors (Lipinski definition) is 2. The van der Waals surface area contributed by atoms with Gasteiger partial charge in [0.15, 0.2) is 0 Å². The molecule has 1 nitrogen and oxygen atoms in total. The maximum Gasteiger partial charge on any atom is 0.140 e. The molecule has 1 N–H and O–H groups in total. The van der Waals surface area contributed by atoms with Crippen LogP contribution in [0.25, 0.3) is 0 Å². The van der Waals surface area contributed by atoms with Crippen LogP contribution in [0.3, 0.4) is 0 Å². The summed E-state index contributed by atoms with van der Waals surface area (Å²) in [7, 11) is 0. The van der Waals surface area contributed by atoms with Crippen molar-refractivity contribution >= 4 is 11.3 Å². The van der Waals surface area contributed by atoms with E-state index in [1.165, 1.54) is 0 Å². The van der Waals surface area contributed by atoms with Gasteiger partial charge in [-0.05, 0) is 23.9 Å². The first-order valence-corrected chi connectivity index (χ1v) is 5.93. The van der Waals surface area contributed by atoms with Gasteiger partial charge in [0.25, 0.3) is 0 Å². The number of hydrogen-bond donors (Lipinski definition) is 1. The Morgan fingerprint density at radius 2 is 2.12 bits per heavy atom. The molecule has 0 aliphatic heterocycles. The van der Waals surface area contributed by atoms with Crippen LogP contribution in [0, 0.1) is 18.8 Å². The average molecular weight is 228 g/mol. The van der Waals surface area contributed by atoms with Crippen LogP contribution >= 0.6 is 11.3 Å². The fourth-order valence-corrected chi connectivity index (χ4v) is 1.99. The van der Waals surface area contributed by atoms with E-state index in [9.17, 15) is 5.11 Å². The van der Waals surface area contributed by atoms with Crippen LogP contribution in [0.1, 0.15) is 22.1 Å². The molecule has 0 fully saturated rings. The normalized spacial score (nSPS) is 11.6. The molecular formula is C14H12OS. The molecule has 2 rings (SSSR count). The minimum absolute atomic E-state index is 0.706. The van der Waals surface area contributed by atoms with Gasteiger partial charge in [-0.25, -0.2) is 0 Å². The van der Waals surface area contributed by atoms with Crippen molar-refractivity contribution in [1.29, 1.82) is 0 Å². The lowest BCUT2D eigenvalue weighted by atomic mass is 10.1. The van der Waals surface area contributed by atoms with Crippen LogP contribution in [-0.4, -0.2) is 5.11 Å². The molecule has 0 radical (unpaired) electrons. The Morgan fingerprint density at radius 3 is 2.81 bits per heavy atom. The third-order valence-corrected chi connectivity index (χ3v) is 3.00. The fourth-order valence-electron chi connectivity index (χ4n) is 1.41. The highest BCUT2D eigenvalue weighted by Gasteiger charge is 2.02. The predicted molar refractivity (Wildman–Crippen MR) is 67.3 cm³/mol. The molecule has 0 amide bonds. The van der Waals surface area contributed by atoms with E-state index < -0.39 is 6.10 Å². The van der Waals surface area contributed by atoms with Crippen LogP contribution in [0.15, 0.2) is 41.8 Å². The maximum atomic E-state index is 9.87. The summed E-state index contributed by atoms with van der Waals surface area (Å²) < 4.78 is 0. The van der Waals surface area contributed by atoms with Crippen molar-refractivity contribution in [3.05, 3.63) is 57.8 Å². The molecule has 0 aliphatic carbocycles. The Balaban J connectivity index is 2.17. The first-order chi connectivity index (χ1) is 7.75. The number of thiophene rings is 1.